The first-order valence-electron chi connectivity index (χ1n) is 19.1. The number of benzene rings is 3. The molecule has 3 saturated heterocycles. The number of allylic oxidation sites excluding steroid dienone is 1. The molecular weight excluding hydrogens is 704 g/mol. The van der Waals surface area contributed by atoms with Crippen molar-refractivity contribution in [2.24, 2.45) is 5.41 Å². The van der Waals surface area contributed by atoms with Gasteiger partial charge in [-0.25, -0.2) is 0 Å². The number of carbonyl (C=O) groups is 3. The van der Waals surface area contributed by atoms with Crippen LogP contribution in [-0.2, 0) is 64.0 Å². The van der Waals surface area contributed by atoms with Gasteiger partial charge in [-0.1, -0.05) is 78.9 Å². The van der Waals surface area contributed by atoms with Crippen molar-refractivity contribution in [1.29, 1.82) is 0 Å². The molecule has 3 aromatic rings. The number of aromatic hydroxyl groups is 1. The molecule has 0 radical (unpaired) electrons. The zero-order valence-corrected chi connectivity index (χ0v) is 31.3. The van der Waals surface area contributed by atoms with Crippen LogP contribution < -0.4 is 5.32 Å². The van der Waals surface area contributed by atoms with Crippen molar-refractivity contribution < 1.29 is 48.4 Å². The number of hydroxylamine groups is 2. The molecule has 1 spiro atoms. The van der Waals surface area contributed by atoms with E-state index in [-0.39, 0.29) is 31.6 Å². The third-order valence-corrected chi connectivity index (χ3v) is 11.3. The molecule has 7 unspecified atom stereocenters. The van der Waals surface area contributed by atoms with E-state index in [0.717, 1.165) is 27.8 Å². The fraction of sp³-hybridized carbons (Fsp3) is 0.465. The predicted molar refractivity (Wildman–Crippen MR) is 199 cm³/mol. The van der Waals surface area contributed by atoms with Gasteiger partial charge < -0.3 is 34.5 Å². The molecule has 1 saturated carbocycles. The summed E-state index contributed by atoms with van der Waals surface area (Å²) in [5.41, 5.74) is 2.76. The number of phenolic OH excluding ortho intramolecular Hbond substituents is 1. The van der Waals surface area contributed by atoms with E-state index in [2.05, 4.69) is 17.4 Å². The summed E-state index contributed by atoms with van der Waals surface area (Å²) >= 11 is 0. The summed E-state index contributed by atoms with van der Waals surface area (Å²) in [6, 6.07) is 21.2. The highest BCUT2D eigenvalue weighted by Crippen LogP contribution is 2.58. The lowest BCUT2D eigenvalue weighted by molar-refractivity contribution is -0.217. The summed E-state index contributed by atoms with van der Waals surface area (Å²) in [4.78, 5) is 48.1. The molecule has 3 N–H and O–H groups in total. The van der Waals surface area contributed by atoms with E-state index in [1.54, 1.807) is 38.0 Å². The van der Waals surface area contributed by atoms with Gasteiger partial charge in [-0.2, -0.15) is 5.06 Å². The molecular formula is C43H48N2O10. The summed E-state index contributed by atoms with van der Waals surface area (Å²) in [6.45, 7) is 5.09. The Kier molecular flexibility index (Phi) is 9.83. The lowest BCUT2D eigenvalue weighted by Gasteiger charge is -2.49. The van der Waals surface area contributed by atoms with Gasteiger partial charge >= 0.3 is 11.9 Å². The molecule has 3 heterocycles. The lowest BCUT2D eigenvalue weighted by atomic mass is 9.62. The summed E-state index contributed by atoms with van der Waals surface area (Å²) in [5, 5.41) is 25.0. The van der Waals surface area contributed by atoms with Crippen LogP contribution in [0.2, 0.25) is 0 Å². The Hall–Kier alpha value is -4.59. The number of aliphatic hydroxyl groups excluding tert-OH is 1. The van der Waals surface area contributed by atoms with Gasteiger partial charge in [0.1, 0.15) is 41.2 Å². The summed E-state index contributed by atoms with van der Waals surface area (Å²) in [5.74, 6) is -2.24. The molecule has 7 atom stereocenters. The number of rotatable bonds is 11. The number of nitrogens with zero attached hydrogens (tertiary/aromatic N) is 1. The van der Waals surface area contributed by atoms with Crippen LogP contribution in [-0.4, -0.2) is 87.6 Å². The molecule has 12 nitrogen and oxygen atoms in total. The van der Waals surface area contributed by atoms with E-state index < -0.39 is 77.8 Å². The number of phenols is 1. The molecule has 2 bridgehead atoms. The first-order valence-corrected chi connectivity index (χ1v) is 19.1. The molecule has 12 heteroatoms. The van der Waals surface area contributed by atoms with Crippen LogP contribution in [0.4, 0.5) is 0 Å². The third kappa shape index (κ3) is 7.18. The van der Waals surface area contributed by atoms with Gasteiger partial charge in [0.2, 0.25) is 5.91 Å². The number of amides is 1. The number of hydrogen-bond donors (Lipinski definition) is 3. The fourth-order valence-corrected chi connectivity index (χ4v) is 8.89. The lowest BCUT2D eigenvalue weighted by Crippen LogP contribution is -2.70. The zero-order chi connectivity index (χ0) is 38.5. The van der Waals surface area contributed by atoms with Crippen molar-refractivity contribution in [3.8, 4) is 5.75 Å². The second kappa shape index (κ2) is 14.5. The molecule has 1 amide bonds. The Balaban J connectivity index is 1.05. The maximum absolute atomic E-state index is 14.8. The Morgan fingerprint density at radius 1 is 1.00 bits per heavy atom. The summed E-state index contributed by atoms with van der Waals surface area (Å²) < 4.78 is 25.1. The number of para-hydroxylation sites is 1. The Morgan fingerprint density at radius 2 is 1.69 bits per heavy atom. The second-order valence-corrected chi connectivity index (χ2v) is 16.4. The molecule has 4 fully saturated rings. The van der Waals surface area contributed by atoms with Crippen molar-refractivity contribution in [1.82, 2.24) is 10.4 Å². The van der Waals surface area contributed by atoms with Crippen molar-refractivity contribution in [3.63, 3.8) is 0 Å². The molecule has 3 aliphatic heterocycles. The minimum absolute atomic E-state index is 0.0133. The van der Waals surface area contributed by atoms with Crippen LogP contribution in [0.5, 0.6) is 5.75 Å². The van der Waals surface area contributed by atoms with Gasteiger partial charge in [-0.15, -0.1) is 0 Å². The Morgan fingerprint density at radius 3 is 2.38 bits per heavy atom. The molecule has 55 heavy (non-hydrogen) atoms. The standard InChI is InChI=1S/C43H48N2O10/c1-41(2,3)52-34(48)20-19-31(25-46)44-40(50)43-23-33-35-36(54-42(53-35)21-29-11-4-5-12-30(29)22-42)38(43)55-45(37(43)39(49)51-33)24-27-17-15-26(16-18-27)9-8-13-28-10-6-7-14-32(28)47/h4-12,14-18,31,33,35-38,46-47H,13,19-25H2,1-3H3,(H,44,50). The third-order valence-electron chi connectivity index (χ3n) is 11.3. The van der Waals surface area contributed by atoms with Crippen LogP contribution in [0.1, 0.15) is 67.9 Å². The van der Waals surface area contributed by atoms with Crippen LogP contribution in [0.3, 0.4) is 0 Å². The highest BCUT2D eigenvalue weighted by Gasteiger charge is 2.76. The minimum atomic E-state index is -1.44. The van der Waals surface area contributed by atoms with E-state index in [4.69, 9.17) is 23.8 Å². The smallest absolute Gasteiger partial charge is 0.327 e. The Labute approximate surface area is 320 Å². The number of hydrogen-bond acceptors (Lipinski definition) is 11. The van der Waals surface area contributed by atoms with Gasteiger partial charge in [-0.05, 0) is 67.5 Å². The van der Waals surface area contributed by atoms with Crippen molar-refractivity contribution in [3.05, 3.63) is 107 Å². The van der Waals surface area contributed by atoms with Crippen molar-refractivity contribution in [2.75, 3.05) is 6.61 Å². The fourth-order valence-electron chi connectivity index (χ4n) is 8.89. The van der Waals surface area contributed by atoms with Crippen molar-refractivity contribution >= 4 is 23.9 Å². The summed E-state index contributed by atoms with van der Waals surface area (Å²) in [7, 11) is 0. The normalized spacial score (nSPS) is 28.1. The SMILES string of the molecule is CC(C)(C)OC(=O)CCC(CO)NC(=O)C12CC3OC(=O)C1N(Cc1ccc(C=CCc4ccccc4O)cc1)OC2C1OC2(Cc4ccccc4C2)OC31. The number of nitrogens with one attached hydrogen (secondary N) is 1. The average Bonchev–Trinajstić information content (AvgIpc) is 3.82. The number of aliphatic hydroxyl groups is 1. The Bertz CT molecular complexity index is 1950. The second-order valence-electron chi connectivity index (χ2n) is 16.4. The number of ether oxygens (including phenoxy) is 4. The van der Waals surface area contributed by atoms with Gasteiger partial charge in [0.25, 0.3) is 0 Å². The molecule has 3 aromatic carbocycles. The molecule has 290 valence electrons. The molecule has 8 rings (SSSR count). The average molecular weight is 753 g/mol. The zero-order valence-electron chi connectivity index (χ0n) is 31.3. The first kappa shape index (κ1) is 37.3. The highest BCUT2D eigenvalue weighted by atomic mass is 16.8. The van der Waals surface area contributed by atoms with E-state index in [1.165, 1.54) is 0 Å². The number of fused-ring (bicyclic) bond motifs is 5. The first-order chi connectivity index (χ1) is 26.4. The van der Waals surface area contributed by atoms with Crippen LogP contribution in [0.25, 0.3) is 6.08 Å². The molecule has 5 aliphatic rings. The van der Waals surface area contributed by atoms with Gasteiger partial charge in [-0.3, -0.25) is 19.2 Å². The van der Waals surface area contributed by atoms with Gasteiger partial charge in [0, 0.05) is 25.7 Å². The van der Waals surface area contributed by atoms with Gasteiger partial charge in [0.15, 0.2) is 11.8 Å². The maximum atomic E-state index is 14.8. The summed E-state index contributed by atoms with van der Waals surface area (Å²) in [6.07, 6.45) is 2.77. The van der Waals surface area contributed by atoms with Crippen LogP contribution in [0.15, 0.2) is 78.9 Å². The van der Waals surface area contributed by atoms with E-state index in [9.17, 15) is 24.6 Å². The van der Waals surface area contributed by atoms with Crippen LogP contribution >= 0.6 is 0 Å². The monoisotopic (exact) mass is 752 g/mol. The topological polar surface area (TPSA) is 153 Å². The molecule has 2 aliphatic carbocycles. The minimum Gasteiger partial charge on any atom is -0.508 e. The van der Waals surface area contributed by atoms with Gasteiger partial charge in [0.05, 0.1) is 19.2 Å². The maximum Gasteiger partial charge on any atom is 0.327 e. The van der Waals surface area contributed by atoms with E-state index in [0.29, 0.717) is 19.3 Å². The molecule has 0 aromatic heterocycles. The van der Waals surface area contributed by atoms with E-state index >= 15 is 0 Å². The predicted octanol–water partition coefficient (Wildman–Crippen LogP) is 4.33. The number of carbonyl (C=O) groups excluding carboxylic acids is 3. The quantitative estimate of drug-likeness (QED) is 0.240. The highest BCUT2D eigenvalue weighted by molar-refractivity contribution is 5.94. The van der Waals surface area contributed by atoms with Crippen molar-refractivity contribution in [2.45, 2.75) is 114 Å². The van der Waals surface area contributed by atoms with E-state index in [1.807, 2.05) is 60.7 Å². The largest absolute Gasteiger partial charge is 0.508 e. The number of esters is 2. The van der Waals surface area contributed by atoms with Crippen LogP contribution in [0, 0.1) is 5.41 Å².